The van der Waals surface area contributed by atoms with Crippen molar-refractivity contribution in [1.29, 1.82) is 0 Å². The fourth-order valence-corrected chi connectivity index (χ4v) is 2.27. The zero-order chi connectivity index (χ0) is 13.1. The van der Waals surface area contributed by atoms with Crippen molar-refractivity contribution in [3.05, 3.63) is 42.2 Å². The molecule has 0 saturated heterocycles. The van der Waals surface area contributed by atoms with Crippen molar-refractivity contribution in [2.75, 3.05) is 7.11 Å². The summed E-state index contributed by atoms with van der Waals surface area (Å²) in [7, 11) is 1.43. The van der Waals surface area contributed by atoms with Gasteiger partial charge in [0.15, 0.2) is 0 Å². The van der Waals surface area contributed by atoms with Gasteiger partial charge in [0.1, 0.15) is 0 Å². The zero-order valence-corrected chi connectivity index (χ0v) is 10.9. The van der Waals surface area contributed by atoms with E-state index in [2.05, 4.69) is 4.98 Å². The van der Waals surface area contributed by atoms with Gasteiger partial charge in [-0.3, -0.25) is 9.78 Å². The average molecular weight is 243 g/mol. The molecule has 0 aliphatic rings. The number of rotatable bonds is 3. The lowest BCUT2D eigenvalue weighted by molar-refractivity contribution is -0.143. The Balaban J connectivity index is 2.61. The molecule has 0 saturated carbocycles. The van der Waals surface area contributed by atoms with Crippen LogP contribution in [0.15, 0.2) is 36.7 Å². The Morgan fingerprint density at radius 3 is 2.61 bits per heavy atom. The standard InChI is InChI=1S/C15H17NO2/c1-10(2)14(15(17)18-3)13-9-16-8-11-6-4-5-7-12(11)13/h4-10,14H,1-3H3. The first-order valence-electron chi connectivity index (χ1n) is 6.05. The topological polar surface area (TPSA) is 39.2 Å². The van der Waals surface area contributed by atoms with Crippen LogP contribution in [0.25, 0.3) is 10.8 Å². The van der Waals surface area contributed by atoms with E-state index >= 15 is 0 Å². The van der Waals surface area contributed by atoms with E-state index in [0.717, 1.165) is 16.3 Å². The van der Waals surface area contributed by atoms with Crippen molar-refractivity contribution in [2.45, 2.75) is 19.8 Å². The third-order valence-corrected chi connectivity index (χ3v) is 3.16. The number of fused-ring (bicyclic) bond motifs is 1. The van der Waals surface area contributed by atoms with Gasteiger partial charge in [-0.15, -0.1) is 0 Å². The van der Waals surface area contributed by atoms with Crippen LogP contribution in [0.1, 0.15) is 25.3 Å². The predicted octanol–water partition coefficient (Wildman–Crippen LogP) is 3.15. The first kappa shape index (κ1) is 12.6. The van der Waals surface area contributed by atoms with Crippen molar-refractivity contribution < 1.29 is 9.53 Å². The Hall–Kier alpha value is -1.90. The smallest absolute Gasteiger partial charge is 0.313 e. The second-order valence-electron chi connectivity index (χ2n) is 4.69. The molecule has 0 amide bonds. The molecule has 2 aromatic rings. The Morgan fingerprint density at radius 1 is 1.22 bits per heavy atom. The lowest BCUT2D eigenvalue weighted by Crippen LogP contribution is -2.20. The molecule has 3 heteroatoms. The van der Waals surface area contributed by atoms with Gasteiger partial charge in [0.2, 0.25) is 0 Å². The summed E-state index contributed by atoms with van der Waals surface area (Å²) in [6.07, 6.45) is 3.58. The maximum atomic E-state index is 11.9. The average Bonchev–Trinajstić information content (AvgIpc) is 2.38. The molecule has 1 heterocycles. The second-order valence-corrected chi connectivity index (χ2v) is 4.69. The molecule has 0 N–H and O–H groups in total. The molecular weight excluding hydrogens is 226 g/mol. The Labute approximate surface area is 107 Å². The summed E-state index contributed by atoms with van der Waals surface area (Å²) in [5.74, 6) is -0.304. The van der Waals surface area contributed by atoms with Gasteiger partial charge in [0, 0.05) is 17.8 Å². The molecule has 0 spiro atoms. The molecule has 1 atom stereocenters. The fourth-order valence-electron chi connectivity index (χ4n) is 2.27. The second kappa shape index (κ2) is 5.17. The molecular formula is C15H17NO2. The number of methoxy groups -OCH3 is 1. The van der Waals surface area contributed by atoms with Crippen molar-refractivity contribution in [3.63, 3.8) is 0 Å². The van der Waals surface area contributed by atoms with Crippen LogP contribution in [0.3, 0.4) is 0 Å². The Bertz CT molecular complexity index is 558. The summed E-state index contributed by atoms with van der Waals surface area (Å²) in [4.78, 5) is 16.2. The number of ether oxygens (including phenoxy) is 1. The third kappa shape index (κ3) is 2.21. The van der Waals surface area contributed by atoms with E-state index in [4.69, 9.17) is 4.74 Å². The number of pyridine rings is 1. The molecule has 94 valence electrons. The van der Waals surface area contributed by atoms with Gasteiger partial charge in [0.05, 0.1) is 13.0 Å². The minimum Gasteiger partial charge on any atom is -0.469 e. The molecule has 18 heavy (non-hydrogen) atoms. The molecule has 0 bridgehead atoms. The van der Waals surface area contributed by atoms with Crippen LogP contribution in [0, 0.1) is 5.92 Å². The van der Waals surface area contributed by atoms with Crippen LogP contribution in [-0.2, 0) is 9.53 Å². The largest absolute Gasteiger partial charge is 0.469 e. The van der Waals surface area contributed by atoms with Crippen molar-refractivity contribution in [3.8, 4) is 0 Å². The summed E-state index contributed by atoms with van der Waals surface area (Å²) < 4.78 is 4.91. The van der Waals surface area contributed by atoms with Gasteiger partial charge in [0.25, 0.3) is 0 Å². The summed E-state index contributed by atoms with van der Waals surface area (Å²) in [6.45, 7) is 4.03. The highest BCUT2D eigenvalue weighted by Crippen LogP contribution is 2.30. The minimum absolute atomic E-state index is 0.171. The van der Waals surface area contributed by atoms with Gasteiger partial charge >= 0.3 is 5.97 Å². The lowest BCUT2D eigenvalue weighted by atomic mass is 9.87. The van der Waals surface area contributed by atoms with E-state index in [1.165, 1.54) is 7.11 Å². The van der Waals surface area contributed by atoms with E-state index < -0.39 is 0 Å². The number of carbonyl (C=O) groups excluding carboxylic acids is 1. The Kier molecular flexibility index (Phi) is 3.60. The summed E-state index contributed by atoms with van der Waals surface area (Å²) in [5, 5.41) is 2.11. The van der Waals surface area contributed by atoms with Crippen LogP contribution >= 0.6 is 0 Å². The predicted molar refractivity (Wildman–Crippen MR) is 71.3 cm³/mol. The van der Waals surface area contributed by atoms with Crippen molar-refractivity contribution in [1.82, 2.24) is 4.98 Å². The quantitative estimate of drug-likeness (QED) is 0.777. The highest BCUT2D eigenvalue weighted by molar-refractivity contribution is 5.90. The van der Waals surface area contributed by atoms with Crippen LogP contribution < -0.4 is 0 Å². The number of hydrogen-bond donors (Lipinski definition) is 0. The summed E-state index contributed by atoms with van der Waals surface area (Å²) in [5.41, 5.74) is 0.940. The van der Waals surface area contributed by atoms with Gasteiger partial charge in [-0.2, -0.15) is 0 Å². The van der Waals surface area contributed by atoms with E-state index in [9.17, 15) is 4.79 Å². The van der Waals surface area contributed by atoms with Crippen LogP contribution in [-0.4, -0.2) is 18.1 Å². The number of aromatic nitrogens is 1. The fraction of sp³-hybridized carbons (Fsp3) is 0.333. The number of benzene rings is 1. The molecule has 0 radical (unpaired) electrons. The first-order chi connectivity index (χ1) is 8.65. The third-order valence-electron chi connectivity index (χ3n) is 3.16. The van der Waals surface area contributed by atoms with Crippen molar-refractivity contribution >= 4 is 16.7 Å². The molecule has 1 unspecified atom stereocenters. The number of esters is 1. The number of hydrogen-bond acceptors (Lipinski definition) is 3. The van der Waals surface area contributed by atoms with E-state index in [1.807, 2.05) is 44.3 Å². The van der Waals surface area contributed by atoms with Gasteiger partial charge < -0.3 is 4.74 Å². The van der Waals surface area contributed by atoms with Crippen LogP contribution in [0.5, 0.6) is 0 Å². The van der Waals surface area contributed by atoms with Crippen LogP contribution in [0.2, 0.25) is 0 Å². The molecule has 0 fully saturated rings. The molecule has 3 nitrogen and oxygen atoms in total. The highest BCUT2D eigenvalue weighted by atomic mass is 16.5. The maximum absolute atomic E-state index is 11.9. The number of carbonyl (C=O) groups is 1. The van der Waals surface area contributed by atoms with Crippen molar-refractivity contribution in [2.24, 2.45) is 5.92 Å². The highest BCUT2D eigenvalue weighted by Gasteiger charge is 2.26. The number of nitrogens with zero attached hydrogens (tertiary/aromatic N) is 1. The monoisotopic (exact) mass is 243 g/mol. The molecule has 0 aliphatic carbocycles. The SMILES string of the molecule is COC(=O)C(c1cncc2ccccc12)C(C)C. The minimum atomic E-state index is -0.270. The lowest BCUT2D eigenvalue weighted by Gasteiger charge is -2.19. The zero-order valence-electron chi connectivity index (χ0n) is 10.9. The van der Waals surface area contributed by atoms with E-state index in [1.54, 1.807) is 6.20 Å². The summed E-state index contributed by atoms with van der Waals surface area (Å²) in [6, 6.07) is 7.96. The summed E-state index contributed by atoms with van der Waals surface area (Å²) >= 11 is 0. The van der Waals surface area contributed by atoms with E-state index in [-0.39, 0.29) is 17.8 Å². The van der Waals surface area contributed by atoms with E-state index in [0.29, 0.717) is 0 Å². The maximum Gasteiger partial charge on any atom is 0.313 e. The molecule has 0 aliphatic heterocycles. The van der Waals surface area contributed by atoms with Gasteiger partial charge in [-0.25, -0.2) is 0 Å². The molecule has 1 aromatic carbocycles. The Morgan fingerprint density at radius 2 is 1.94 bits per heavy atom. The molecule has 2 rings (SSSR count). The van der Waals surface area contributed by atoms with Gasteiger partial charge in [-0.1, -0.05) is 38.1 Å². The first-order valence-corrected chi connectivity index (χ1v) is 6.05. The normalized spacial score (nSPS) is 12.7. The van der Waals surface area contributed by atoms with Crippen LogP contribution in [0.4, 0.5) is 0 Å². The molecule has 1 aromatic heterocycles. The van der Waals surface area contributed by atoms with Gasteiger partial charge in [-0.05, 0) is 16.9 Å².